The number of rotatable bonds is 60. The highest BCUT2D eigenvalue weighted by Crippen LogP contribution is 2.17. The second kappa shape index (κ2) is 65.1. The maximum Gasteiger partial charge on any atom is 0.306 e. The Kier molecular flexibility index (Phi) is 62.2. The van der Waals surface area contributed by atoms with Crippen LogP contribution in [0.1, 0.15) is 329 Å². The van der Waals surface area contributed by atoms with Crippen LogP contribution in [-0.2, 0) is 28.6 Å². The van der Waals surface area contributed by atoms with Gasteiger partial charge in [0.25, 0.3) is 0 Å². The van der Waals surface area contributed by atoms with Crippen LogP contribution < -0.4 is 0 Å². The highest BCUT2D eigenvalue weighted by atomic mass is 16.6. The van der Waals surface area contributed by atoms with Gasteiger partial charge < -0.3 is 14.2 Å². The van der Waals surface area contributed by atoms with E-state index in [9.17, 15) is 14.4 Å². The van der Waals surface area contributed by atoms with Gasteiger partial charge in [0, 0.05) is 19.3 Å². The quantitative estimate of drug-likeness (QED) is 0.0261. The first-order chi connectivity index (χ1) is 38.0. The lowest BCUT2D eigenvalue weighted by atomic mass is 10.0. The van der Waals surface area contributed by atoms with Gasteiger partial charge in [-0.15, -0.1) is 0 Å². The van der Waals surface area contributed by atoms with Crippen LogP contribution in [0, 0.1) is 0 Å². The van der Waals surface area contributed by atoms with Crippen molar-refractivity contribution in [3.05, 3.63) is 85.1 Å². The standard InChI is InChI=1S/C71H124O6/c1-4-7-10-13-16-19-22-24-26-27-28-29-30-31-32-33-34-35-36-37-38-39-40-41-42-43-45-46-49-52-55-58-61-64-70(73)76-67-68(66-75-69(72)63-60-57-54-51-48-21-18-15-12-9-6-3)77-71(74)65-62-59-56-53-50-47-44-25-23-20-17-14-11-8-5-2/h7,10,16,19,24-26,28-29,31-32,34-35,44,68H,4-6,8-9,11-15,17-18,20-23,27,30,33,36-43,45-67H2,1-3H3/b10-7-,19-16-,26-24-,29-28-,32-31-,35-34-,44-25-. The fraction of sp³-hybridized carbons (Fsp3) is 0.761. The van der Waals surface area contributed by atoms with E-state index in [1.165, 1.54) is 186 Å². The zero-order chi connectivity index (χ0) is 55.7. The Balaban J connectivity index is 4.14. The van der Waals surface area contributed by atoms with Crippen molar-refractivity contribution in [1.29, 1.82) is 0 Å². The Labute approximate surface area is 477 Å². The van der Waals surface area contributed by atoms with Gasteiger partial charge in [-0.05, 0) is 96.3 Å². The Morgan fingerprint density at radius 3 is 0.805 bits per heavy atom. The minimum absolute atomic E-state index is 0.0748. The molecule has 6 heteroatoms. The van der Waals surface area contributed by atoms with E-state index in [4.69, 9.17) is 14.2 Å². The van der Waals surface area contributed by atoms with Crippen LogP contribution in [0.5, 0.6) is 0 Å². The third-order valence-corrected chi connectivity index (χ3v) is 14.4. The Hall–Kier alpha value is -3.41. The van der Waals surface area contributed by atoms with Gasteiger partial charge in [0.1, 0.15) is 13.2 Å². The van der Waals surface area contributed by atoms with E-state index in [1.54, 1.807) is 0 Å². The first-order valence-electron chi connectivity index (χ1n) is 33.1. The van der Waals surface area contributed by atoms with Gasteiger partial charge in [-0.1, -0.05) is 298 Å². The molecular formula is C71H124O6. The largest absolute Gasteiger partial charge is 0.462 e. The van der Waals surface area contributed by atoms with Crippen molar-refractivity contribution in [2.24, 2.45) is 0 Å². The van der Waals surface area contributed by atoms with Crippen molar-refractivity contribution >= 4 is 17.9 Å². The zero-order valence-corrected chi connectivity index (χ0v) is 51.0. The molecule has 6 nitrogen and oxygen atoms in total. The average Bonchev–Trinajstić information content (AvgIpc) is 3.43. The Morgan fingerprint density at radius 2 is 0.506 bits per heavy atom. The van der Waals surface area contributed by atoms with E-state index in [0.29, 0.717) is 19.3 Å². The summed E-state index contributed by atoms with van der Waals surface area (Å²) in [5, 5.41) is 0. The predicted octanol–water partition coefficient (Wildman–Crippen LogP) is 22.7. The van der Waals surface area contributed by atoms with Crippen LogP contribution in [0.2, 0.25) is 0 Å². The lowest BCUT2D eigenvalue weighted by Gasteiger charge is -2.18. The van der Waals surface area contributed by atoms with Gasteiger partial charge in [0.15, 0.2) is 6.10 Å². The van der Waals surface area contributed by atoms with Gasteiger partial charge >= 0.3 is 17.9 Å². The van der Waals surface area contributed by atoms with Gasteiger partial charge in [0.2, 0.25) is 0 Å². The zero-order valence-electron chi connectivity index (χ0n) is 51.0. The SMILES string of the molecule is CC/C=C\C/C=C\C/C=C\C/C=C\C/C=C\C/C=C\CCCCCCCCCCCCCCCCC(=O)OCC(COC(=O)CCCCCCCCCCCCC)OC(=O)CCCCCCC/C=C\CCCCCCCC. The molecule has 1 atom stereocenters. The minimum atomic E-state index is -0.777. The Morgan fingerprint density at radius 1 is 0.273 bits per heavy atom. The van der Waals surface area contributed by atoms with E-state index in [2.05, 4.69) is 106 Å². The molecule has 444 valence electrons. The molecule has 0 aliphatic carbocycles. The van der Waals surface area contributed by atoms with E-state index in [-0.39, 0.29) is 31.1 Å². The number of carbonyl (C=O) groups excluding carboxylic acids is 3. The summed E-state index contributed by atoms with van der Waals surface area (Å²) in [6, 6.07) is 0. The number of ether oxygens (including phenoxy) is 3. The molecule has 0 spiro atoms. The maximum absolute atomic E-state index is 12.9. The van der Waals surface area contributed by atoms with Crippen LogP contribution >= 0.6 is 0 Å². The monoisotopic (exact) mass is 1070 g/mol. The molecule has 0 N–H and O–H groups in total. The molecule has 0 saturated heterocycles. The second-order valence-corrected chi connectivity index (χ2v) is 22.0. The Bertz CT molecular complexity index is 1470. The summed E-state index contributed by atoms with van der Waals surface area (Å²) < 4.78 is 16.9. The number of allylic oxidation sites excluding steroid dienone is 14. The number of carbonyl (C=O) groups is 3. The molecule has 0 rings (SSSR count). The molecular weight excluding hydrogens is 949 g/mol. The fourth-order valence-electron chi connectivity index (χ4n) is 9.44. The molecule has 0 saturated carbocycles. The van der Waals surface area contributed by atoms with E-state index < -0.39 is 6.10 Å². The molecule has 77 heavy (non-hydrogen) atoms. The summed E-state index contributed by atoms with van der Waals surface area (Å²) in [6.45, 7) is 6.54. The summed E-state index contributed by atoms with van der Waals surface area (Å²) in [6.07, 6.45) is 86.0. The first-order valence-corrected chi connectivity index (χ1v) is 33.1. The highest BCUT2D eigenvalue weighted by molar-refractivity contribution is 5.71. The van der Waals surface area contributed by atoms with Crippen molar-refractivity contribution in [1.82, 2.24) is 0 Å². The van der Waals surface area contributed by atoms with E-state index >= 15 is 0 Å². The summed E-state index contributed by atoms with van der Waals surface area (Å²) >= 11 is 0. The highest BCUT2D eigenvalue weighted by Gasteiger charge is 2.19. The molecule has 1 unspecified atom stereocenters. The van der Waals surface area contributed by atoms with Crippen LogP contribution in [-0.4, -0.2) is 37.2 Å². The molecule has 0 radical (unpaired) electrons. The molecule has 0 aromatic rings. The maximum atomic E-state index is 12.9. The van der Waals surface area contributed by atoms with Crippen molar-refractivity contribution in [2.75, 3.05) is 13.2 Å². The molecule has 0 fully saturated rings. The van der Waals surface area contributed by atoms with Crippen molar-refractivity contribution in [3.8, 4) is 0 Å². The molecule has 0 amide bonds. The number of unbranched alkanes of at least 4 members (excludes halogenated alkanes) is 35. The molecule has 0 bridgehead atoms. The molecule has 0 heterocycles. The van der Waals surface area contributed by atoms with Gasteiger partial charge in [-0.25, -0.2) is 0 Å². The smallest absolute Gasteiger partial charge is 0.306 e. The molecule has 0 aliphatic rings. The molecule has 0 aliphatic heterocycles. The third-order valence-electron chi connectivity index (χ3n) is 14.4. The van der Waals surface area contributed by atoms with Crippen LogP contribution in [0.4, 0.5) is 0 Å². The van der Waals surface area contributed by atoms with E-state index in [1.807, 2.05) is 0 Å². The number of hydrogen-bond donors (Lipinski definition) is 0. The summed E-state index contributed by atoms with van der Waals surface area (Å²) in [7, 11) is 0. The predicted molar refractivity (Wildman–Crippen MR) is 334 cm³/mol. The van der Waals surface area contributed by atoms with Gasteiger partial charge in [0.05, 0.1) is 0 Å². The molecule has 0 aromatic heterocycles. The number of hydrogen-bond acceptors (Lipinski definition) is 6. The normalized spacial score (nSPS) is 12.6. The van der Waals surface area contributed by atoms with E-state index in [0.717, 1.165) is 103 Å². The van der Waals surface area contributed by atoms with Gasteiger partial charge in [-0.2, -0.15) is 0 Å². The lowest BCUT2D eigenvalue weighted by Crippen LogP contribution is -2.30. The third kappa shape index (κ3) is 63.3. The van der Waals surface area contributed by atoms with Crippen molar-refractivity contribution in [3.63, 3.8) is 0 Å². The second-order valence-electron chi connectivity index (χ2n) is 22.0. The van der Waals surface area contributed by atoms with Crippen LogP contribution in [0.25, 0.3) is 0 Å². The summed E-state index contributed by atoms with van der Waals surface area (Å²) in [4.78, 5) is 38.2. The molecule has 0 aromatic carbocycles. The van der Waals surface area contributed by atoms with Crippen molar-refractivity contribution < 1.29 is 28.6 Å². The van der Waals surface area contributed by atoms with Crippen molar-refractivity contribution in [2.45, 2.75) is 335 Å². The summed E-state index contributed by atoms with van der Waals surface area (Å²) in [5.41, 5.74) is 0. The number of esters is 3. The fourth-order valence-corrected chi connectivity index (χ4v) is 9.44. The topological polar surface area (TPSA) is 78.9 Å². The van der Waals surface area contributed by atoms with Crippen LogP contribution in [0.15, 0.2) is 85.1 Å². The first kappa shape index (κ1) is 73.6. The minimum Gasteiger partial charge on any atom is -0.462 e. The summed E-state index contributed by atoms with van der Waals surface area (Å²) in [5.74, 6) is -0.870. The van der Waals surface area contributed by atoms with Crippen LogP contribution in [0.3, 0.4) is 0 Å². The average molecular weight is 1070 g/mol. The lowest BCUT2D eigenvalue weighted by molar-refractivity contribution is -0.167. The van der Waals surface area contributed by atoms with Gasteiger partial charge in [-0.3, -0.25) is 14.4 Å².